The topological polar surface area (TPSA) is 87.7 Å². The third-order valence-electron chi connectivity index (χ3n) is 3.50. The van der Waals surface area contributed by atoms with E-state index in [0.717, 1.165) is 0 Å². The minimum Gasteiger partial charge on any atom is -0.384 e. The molecule has 2 heterocycles. The first-order chi connectivity index (χ1) is 8.57. The van der Waals surface area contributed by atoms with Gasteiger partial charge in [-0.25, -0.2) is 4.79 Å². The van der Waals surface area contributed by atoms with Crippen molar-refractivity contribution in [2.24, 2.45) is 0 Å². The summed E-state index contributed by atoms with van der Waals surface area (Å²) < 4.78 is 4.86. The summed E-state index contributed by atoms with van der Waals surface area (Å²) in [7, 11) is 1.55. The zero-order chi connectivity index (χ0) is 13.2. The summed E-state index contributed by atoms with van der Waals surface area (Å²) in [6.45, 7) is 1.37. The third-order valence-corrected chi connectivity index (χ3v) is 3.50. The molecule has 2 aliphatic rings. The van der Waals surface area contributed by atoms with Gasteiger partial charge in [0.05, 0.1) is 13.0 Å². The molecule has 0 saturated carbocycles. The molecule has 2 N–H and O–H groups in total. The van der Waals surface area contributed by atoms with Gasteiger partial charge in [-0.05, 0) is 12.8 Å². The Bertz CT molecular complexity index is 374. The standard InChI is InChI=1S/C11H17N3O4/c1-18-7-2-8(15)14-5-3-11(4-6-14)9(16)12-10(17)13-11/h2-7H2,1H3,(H2,12,13,16,17). The second-order valence-corrected chi connectivity index (χ2v) is 4.61. The minimum absolute atomic E-state index is 0.0245. The number of hydrogen-bond donors (Lipinski definition) is 2. The van der Waals surface area contributed by atoms with Crippen molar-refractivity contribution < 1.29 is 19.1 Å². The number of hydrogen-bond acceptors (Lipinski definition) is 4. The average molecular weight is 255 g/mol. The van der Waals surface area contributed by atoms with E-state index in [9.17, 15) is 14.4 Å². The van der Waals surface area contributed by atoms with Gasteiger partial charge in [-0.15, -0.1) is 0 Å². The fourth-order valence-corrected chi connectivity index (χ4v) is 2.37. The Labute approximate surface area is 105 Å². The highest BCUT2D eigenvalue weighted by molar-refractivity contribution is 6.07. The van der Waals surface area contributed by atoms with Crippen molar-refractivity contribution in [2.75, 3.05) is 26.8 Å². The first-order valence-corrected chi connectivity index (χ1v) is 5.98. The monoisotopic (exact) mass is 255 g/mol. The van der Waals surface area contributed by atoms with E-state index in [1.807, 2.05) is 0 Å². The van der Waals surface area contributed by atoms with Crippen molar-refractivity contribution in [3.63, 3.8) is 0 Å². The highest BCUT2D eigenvalue weighted by Crippen LogP contribution is 2.25. The molecule has 100 valence electrons. The number of amides is 4. The van der Waals surface area contributed by atoms with E-state index in [-0.39, 0.29) is 11.8 Å². The number of rotatable bonds is 3. The Hall–Kier alpha value is -1.63. The van der Waals surface area contributed by atoms with Crippen molar-refractivity contribution in [3.05, 3.63) is 0 Å². The second-order valence-electron chi connectivity index (χ2n) is 4.61. The van der Waals surface area contributed by atoms with Crippen LogP contribution in [-0.4, -0.2) is 55.1 Å². The molecule has 0 aromatic heterocycles. The number of imide groups is 1. The summed E-state index contributed by atoms with van der Waals surface area (Å²) in [5.74, 6) is -0.257. The third kappa shape index (κ3) is 2.31. The van der Waals surface area contributed by atoms with Crippen LogP contribution in [0.2, 0.25) is 0 Å². The van der Waals surface area contributed by atoms with Gasteiger partial charge in [-0.2, -0.15) is 0 Å². The van der Waals surface area contributed by atoms with Gasteiger partial charge >= 0.3 is 6.03 Å². The minimum atomic E-state index is -0.810. The number of methoxy groups -OCH3 is 1. The SMILES string of the molecule is COCCC(=O)N1CCC2(CC1)NC(=O)NC2=O. The molecule has 7 nitrogen and oxygen atoms in total. The maximum Gasteiger partial charge on any atom is 0.322 e. The molecular formula is C11H17N3O4. The smallest absolute Gasteiger partial charge is 0.322 e. The molecular weight excluding hydrogens is 238 g/mol. The summed E-state index contributed by atoms with van der Waals surface area (Å²) in [6, 6.07) is -0.445. The number of carbonyl (C=O) groups is 3. The molecule has 0 aromatic rings. The van der Waals surface area contributed by atoms with Crippen molar-refractivity contribution in [1.82, 2.24) is 15.5 Å². The van der Waals surface area contributed by atoms with Gasteiger partial charge < -0.3 is 15.0 Å². The molecule has 2 fully saturated rings. The zero-order valence-corrected chi connectivity index (χ0v) is 10.3. The lowest BCUT2D eigenvalue weighted by Gasteiger charge is -2.37. The lowest BCUT2D eigenvalue weighted by molar-refractivity contribution is -0.136. The molecule has 2 rings (SSSR count). The van der Waals surface area contributed by atoms with Crippen LogP contribution in [0, 0.1) is 0 Å². The van der Waals surface area contributed by atoms with Crippen molar-refractivity contribution in [2.45, 2.75) is 24.8 Å². The Balaban J connectivity index is 1.90. The predicted octanol–water partition coefficient (Wildman–Crippen LogP) is -0.776. The Morgan fingerprint density at radius 3 is 2.56 bits per heavy atom. The summed E-state index contributed by atoms with van der Waals surface area (Å²) in [5.41, 5.74) is -0.810. The van der Waals surface area contributed by atoms with Gasteiger partial charge in [0.25, 0.3) is 5.91 Å². The van der Waals surface area contributed by atoms with Gasteiger partial charge in [0.1, 0.15) is 5.54 Å². The zero-order valence-electron chi connectivity index (χ0n) is 10.3. The van der Waals surface area contributed by atoms with Gasteiger partial charge in [-0.3, -0.25) is 14.9 Å². The molecule has 18 heavy (non-hydrogen) atoms. The number of urea groups is 1. The van der Waals surface area contributed by atoms with Gasteiger partial charge in [0.2, 0.25) is 5.91 Å². The Morgan fingerprint density at radius 1 is 1.39 bits per heavy atom. The van der Waals surface area contributed by atoms with Crippen LogP contribution >= 0.6 is 0 Å². The normalized spacial score (nSPS) is 21.9. The summed E-state index contributed by atoms with van der Waals surface area (Å²) in [5, 5.41) is 4.90. The predicted molar refractivity (Wildman–Crippen MR) is 61.7 cm³/mol. The molecule has 7 heteroatoms. The summed E-state index contributed by atoms with van der Waals surface area (Å²) >= 11 is 0. The van der Waals surface area contributed by atoms with Crippen LogP contribution in [0.1, 0.15) is 19.3 Å². The number of likely N-dealkylation sites (tertiary alicyclic amines) is 1. The molecule has 0 bridgehead atoms. The highest BCUT2D eigenvalue weighted by atomic mass is 16.5. The fraction of sp³-hybridized carbons (Fsp3) is 0.727. The Kier molecular flexibility index (Phi) is 3.51. The van der Waals surface area contributed by atoms with Gasteiger partial charge in [0.15, 0.2) is 0 Å². The molecule has 0 aliphatic carbocycles. The largest absolute Gasteiger partial charge is 0.384 e. The molecule has 2 aliphatic heterocycles. The highest BCUT2D eigenvalue weighted by Gasteiger charge is 2.48. The molecule has 0 unspecified atom stereocenters. The molecule has 0 aromatic carbocycles. The van der Waals surface area contributed by atoms with E-state index < -0.39 is 11.6 Å². The van der Waals surface area contributed by atoms with E-state index in [4.69, 9.17) is 4.74 Å². The first-order valence-electron chi connectivity index (χ1n) is 5.98. The van der Waals surface area contributed by atoms with Crippen LogP contribution in [0.5, 0.6) is 0 Å². The molecule has 0 radical (unpaired) electrons. The average Bonchev–Trinajstić information content (AvgIpc) is 2.62. The van der Waals surface area contributed by atoms with Gasteiger partial charge in [0, 0.05) is 20.2 Å². The van der Waals surface area contributed by atoms with Crippen molar-refractivity contribution in [3.8, 4) is 0 Å². The molecule has 1 spiro atoms. The van der Waals surface area contributed by atoms with Crippen LogP contribution in [-0.2, 0) is 14.3 Å². The van der Waals surface area contributed by atoms with E-state index in [0.29, 0.717) is 39.0 Å². The van der Waals surface area contributed by atoms with Crippen LogP contribution in [0.4, 0.5) is 4.79 Å². The Morgan fingerprint density at radius 2 is 2.06 bits per heavy atom. The quantitative estimate of drug-likeness (QED) is 0.648. The van der Waals surface area contributed by atoms with Crippen LogP contribution in [0.3, 0.4) is 0 Å². The summed E-state index contributed by atoms with van der Waals surface area (Å²) in [4.78, 5) is 36.3. The first kappa shape index (κ1) is 12.8. The number of nitrogens with one attached hydrogen (secondary N) is 2. The van der Waals surface area contributed by atoms with E-state index >= 15 is 0 Å². The van der Waals surface area contributed by atoms with Crippen LogP contribution < -0.4 is 10.6 Å². The van der Waals surface area contributed by atoms with E-state index in [2.05, 4.69) is 10.6 Å². The molecule has 2 saturated heterocycles. The fourth-order valence-electron chi connectivity index (χ4n) is 2.37. The lowest BCUT2D eigenvalue weighted by atomic mass is 9.87. The van der Waals surface area contributed by atoms with Crippen molar-refractivity contribution >= 4 is 17.8 Å². The number of ether oxygens (including phenoxy) is 1. The maximum absolute atomic E-state index is 11.8. The van der Waals surface area contributed by atoms with E-state index in [1.54, 1.807) is 12.0 Å². The number of piperidine rings is 1. The van der Waals surface area contributed by atoms with Crippen LogP contribution in [0.25, 0.3) is 0 Å². The number of nitrogens with zero attached hydrogens (tertiary/aromatic N) is 1. The van der Waals surface area contributed by atoms with Gasteiger partial charge in [-0.1, -0.05) is 0 Å². The summed E-state index contributed by atoms with van der Waals surface area (Å²) in [6.07, 6.45) is 1.27. The molecule has 4 amide bonds. The number of carbonyl (C=O) groups excluding carboxylic acids is 3. The second kappa shape index (κ2) is 4.93. The maximum atomic E-state index is 11.8. The van der Waals surface area contributed by atoms with Crippen molar-refractivity contribution in [1.29, 1.82) is 0 Å². The van der Waals surface area contributed by atoms with Crippen LogP contribution in [0.15, 0.2) is 0 Å². The van der Waals surface area contributed by atoms with E-state index in [1.165, 1.54) is 0 Å². The molecule has 0 atom stereocenters. The lowest BCUT2D eigenvalue weighted by Crippen LogP contribution is -2.55.